The Hall–Kier alpha value is -3.28. The minimum absolute atomic E-state index is 0.0218. The molecule has 1 aliphatic rings. The number of likely N-dealkylation sites (tertiary alicyclic amines) is 1. The smallest absolute Gasteiger partial charge is 0.255 e. The van der Waals surface area contributed by atoms with Gasteiger partial charge in [-0.15, -0.1) is 0 Å². The van der Waals surface area contributed by atoms with Gasteiger partial charge in [0.25, 0.3) is 11.8 Å². The summed E-state index contributed by atoms with van der Waals surface area (Å²) in [6.45, 7) is 1.20. The summed E-state index contributed by atoms with van der Waals surface area (Å²) < 4.78 is 0. The highest BCUT2D eigenvalue weighted by atomic mass is 16.2. The lowest BCUT2D eigenvalue weighted by molar-refractivity contribution is 0.0705. The third-order valence-electron chi connectivity index (χ3n) is 5.02. The summed E-state index contributed by atoms with van der Waals surface area (Å²) in [6, 6.07) is 13.0. The fourth-order valence-electron chi connectivity index (χ4n) is 3.70. The van der Waals surface area contributed by atoms with E-state index in [2.05, 4.69) is 4.98 Å². The van der Waals surface area contributed by atoms with Gasteiger partial charge in [0.2, 0.25) is 0 Å². The van der Waals surface area contributed by atoms with Gasteiger partial charge in [0.15, 0.2) is 0 Å². The summed E-state index contributed by atoms with van der Waals surface area (Å²) in [5.41, 5.74) is 8.15. The maximum Gasteiger partial charge on any atom is 0.255 e. The summed E-state index contributed by atoms with van der Waals surface area (Å²) >= 11 is 0. The number of primary amides is 1. The second-order valence-corrected chi connectivity index (χ2v) is 6.81. The van der Waals surface area contributed by atoms with Gasteiger partial charge >= 0.3 is 0 Å². The lowest BCUT2D eigenvalue weighted by atomic mass is 9.90. The first-order chi connectivity index (χ1) is 13.1. The average molecular weight is 360 g/mol. The maximum atomic E-state index is 12.8. The third kappa shape index (κ3) is 3.38. The normalized spacial score (nSPS) is 17.0. The second kappa shape index (κ2) is 7.15. The first kappa shape index (κ1) is 17.1. The molecule has 0 aliphatic carbocycles. The summed E-state index contributed by atoms with van der Waals surface area (Å²) in [5, 5.41) is 0.883. The van der Waals surface area contributed by atoms with Crippen LogP contribution in [0.3, 0.4) is 0 Å². The van der Waals surface area contributed by atoms with Crippen molar-refractivity contribution in [1.29, 1.82) is 0 Å². The molecule has 2 N–H and O–H groups in total. The summed E-state index contributed by atoms with van der Waals surface area (Å²) in [6.07, 6.45) is 4.94. The predicted octanol–water partition coefficient (Wildman–Crippen LogP) is 2.75. The Balaban J connectivity index is 1.67. The molecule has 3 heterocycles. The highest BCUT2D eigenvalue weighted by molar-refractivity contribution is 5.98. The van der Waals surface area contributed by atoms with E-state index in [0.717, 1.165) is 23.7 Å². The molecule has 1 atom stereocenters. The van der Waals surface area contributed by atoms with E-state index in [4.69, 9.17) is 10.7 Å². The van der Waals surface area contributed by atoms with Gasteiger partial charge in [-0.05, 0) is 37.1 Å². The van der Waals surface area contributed by atoms with E-state index in [1.54, 1.807) is 24.5 Å². The molecule has 2 amide bonds. The van der Waals surface area contributed by atoms with E-state index in [1.807, 2.05) is 35.2 Å². The number of hydrogen-bond acceptors (Lipinski definition) is 4. The number of rotatable bonds is 3. The standard InChI is InChI=1S/C21H20N4O2/c22-20(26)17-11-14-5-1-2-8-18(14)24-19(17)16-7-4-10-25(13-16)21(27)15-6-3-9-23-12-15/h1-3,5-6,8-9,11-12,16H,4,7,10,13H2,(H2,22,26). The number of nitrogens with zero attached hydrogens (tertiary/aromatic N) is 3. The Labute approximate surface area is 157 Å². The second-order valence-electron chi connectivity index (χ2n) is 6.81. The monoisotopic (exact) mass is 360 g/mol. The van der Waals surface area contributed by atoms with Crippen LogP contribution in [0, 0.1) is 0 Å². The summed E-state index contributed by atoms with van der Waals surface area (Å²) in [4.78, 5) is 35.4. The number of amides is 2. The number of pyridine rings is 2. The number of nitrogens with two attached hydrogens (primary N) is 1. The van der Waals surface area contributed by atoms with Crippen LogP contribution >= 0.6 is 0 Å². The van der Waals surface area contributed by atoms with Crippen LogP contribution in [0.25, 0.3) is 10.9 Å². The molecule has 1 aliphatic heterocycles. The molecule has 4 rings (SSSR count). The Kier molecular flexibility index (Phi) is 4.54. The van der Waals surface area contributed by atoms with Gasteiger partial charge in [-0.2, -0.15) is 0 Å². The molecule has 136 valence electrons. The fraction of sp³-hybridized carbons (Fsp3) is 0.238. The van der Waals surface area contributed by atoms with E-state index in [9.17, 15) is 9.59 Å². The quantitative estimate of drug-likeness (QED) is 0.778. The number of benzene rings is 1. The Morgan fingerprint density at radius 1 is 1.15 bits per heavy atom. The first-order valence-electron chi connectivity index (χ1n) is 9.02. The summed E-state index contributed by atoms with van der Waals surface area (Å²) in [5.74, 6) is -0.556. The van der Waals surface area contributed by atoms with Crippen molar-refractivity contribution in [2.24, 2.45) is 5.73 Å². The van der Waals surface area contributed by atoms with Crippen molar-refractivity contribution in [2.75, 3.05) is 13.1 Å². The van der Waals surface area contributed by atoms with E-state index in [1.165, 1.54) is 0 Å². The molecule has 0 spiro atoms. The SMILES string of the molecule is NC(=O)c1cc2ccccc2nc1C1CCCN(C(=O)c2cccnc2)C1. The van der Waals surface area contributed by atoms with Crippen molar-refractivity contribution in [3.8, 4) is 0 Å². The number of fused-ring (bicyclic) bond motifs is 1. The zero-order valence-corrected chi connectivity index (χ0v) is 14.8. The fourth-order valence-corrected chi connectivity index (χ4v) is 3.70. The lowest BCUT2D eigenvalue weighted by Gasteiger charge is -2.33. The zero-order chi connectivity index (χ0) is 18.8. The van der Waals surface area contributed by atoms with Crippen molar-refractivity contribution in [1.82, 2.24) is 14.9 Å². The molecule has 6 heteroatoms. The van der Waals surface area contributed by atoms with E-state index >= 15 is 0 Å². The van der Waals surface area contributed by atoms with Crippen LogP contribution < -0.4 is 5.73 Å². The molecule has 1 saturated heterocycles. The van der Waals surface area contributed by atoms with Gasteiger partial charge in [-0.1, -0.05) is 18.2 Å². The molecule has 0 bridgehead atoms. The largest absolute Gasteiger partial charge is 0.366 e. The zero-order valence-electron chi connectivity index (χ0n) is 14.8. The van der Waals surface area contributed by atoms with E-state index < -0.39 is 5.91 Å². The predicted molar refractivity (Wildman–Crippen MR) is 102 cm³/mol. The van der Waals surface area contributed by atoms with Crippen molar-refractivity contribution in [3.63, 3.8) is 0 Å². The van der Waals surface area contributed by atoms with Gasteiger partial charge in [-0.25, -0.2) is 0 Å². The van der Waals surface area contributed by atoms with Gasteiger partial charge < -0.3 is 10.6 Å². The van der Waals surface area contributed by atoms with Crippen LogP contribution in [0.5, 0.6) is 0 Å². The molecule has 1 fully saturated rings. The van der Waals surface area contributed by atoms with Gasteiger partial charge in [0.1, 0.15) is 0 Å². The molecule has 6 nitrogen and oxygen atoms in total. The topological polar surface area (TPSA) is 89.2 Å². The van der Waals surface area contributed by atoms with Gasteiger partial charge in [0.05, 0.1) is 22.3 Å². The molecular formula is C21H20N4O2. The van der Waals surface area contributed by atoms with Crippen LogP contribution in [0.4, 0.5) is 0 Å². The minimum Gasteiger partial charge on any atom is -0.366 e. The minimum atomic E-state index is -0.487. The molecule has 0 saturated carbocycles. The van der Waals surface area contributed by atoms with Crippen molar-refractivity contribution < 1.29 is 9.59 Å². The first-order valence-corrected chi connectivity index (χ1v) is 9.02. The molecule has 1 aromatic carbocycles. The third-order valence-corrected chi connectivity index (χ3v) is 5.02. The molecule has 27 heavy (non-hydrogen) atoms. The number of piperidine rings is 1. The maximum absolute atomic E-state index is 12.8. The number of carbonyl (C=O) groups is 2. The molecule has 2 aromatic heterocycles. The molecule has 0 radical (unpaired) electrons. The number of para-hydroxylation sites is 1. The van der Waals surface area contributed by atoms with Crippen LogP contribution in [0.1, 0.15) is 45.2 Å². The summed E-state index contributed by atoms with van der Waals surface area (Å²) in [7, 11) is 0. The highest BCUT2D eigenvalue weighted by Crippen LogP contribution is 2.30. The van der Waals surface area contributed by atoms with Crippen LogP contribution in [-0.4, -0.2) is 39.8 Å². The average Bonchev–Trinajstić information content (AvgIpc) is 2.73. The lowest BCUT2D eigenvalue weighted by Crippen LogP contribution is -2.39. The van der Waals surface area contributed by atoms with Crippen molar-refractivity contribution in [2.45, 2.75) is 18.8 Å². The number of carbonyl (C=O) groups excluding carboxylic acids is 2. The Morgan fingerprint density at radius 2 is 2.00 bits per heavy atom. The van der Waals surface area contributed by atoms with E-state index in [0.29, 0.717) is 29.9 Å². The molecule has 3 aromatic rings. The van der Waals surface area contributed by atoms with Gasteiger partial charge in [0, 0.05) is 36.8 Å². The van der Waals surface area contributed by atoms with Gasteiger partial charge in [-0.3, -0.25) is 19.6 Å². The number of aromatic nitrogens is 2. The van der Waals surface area contributed by atoms with Crippen LogP contribution in [-0.2, 0) is 0 Å². The Bertz CT molecular complexity index is 1000. The van der Waals surface area contributed by atoms with Crippen LogP contribution in [0.2, 0.25) is 0 Å². The van der Waals surface area contributed by atoms with Crippen molar-refractivity contribution in [3.05, 3.63) is 71.7 Å². The van der Waals surface area contributed by atoms with Crippen molar-refractivity contribution >= 4 is 22.7 Å². The number of hydrogen-bond donors (Lipinski definition) is 1. The van der Waals surface area contributed by atoms with Crippen LogP contribution in [0.15, 0.2) is 54.9 Å². The van der Waals surface area contributed by atoms with E-state index in [-0.39, 0.29) is 11.8 Å². The highest BCUT2D eigenvalue weighted by Gasteiger charge is 2.29. The molecular weight excluding hydrogens is 340 g/mol. The molecule has 1 unspecified atom stereocenters. The Morgan fingerprint density at radius 3 is 2.78 bits per heavy atom.